The van der Waals surface area contributed by atoms with Gasteiger partial charge in [-0.05, 0) is 35.2 Å². The minimum Gasteiger partial charge on any atom is -0.325 e. The van der Waals surface area contributed by atoms with E-state index < -0.39 is 10.8 Å². The van der Waals surface area contributed by atoms with E-state index in [0.717, 1.165) is 23.1 Å². The van der Waals surface area contributed by atoms with Crippen LogP contribution in [0.15, 0.2) is 83.8 Å². The van der Waals surface area contributed by atoms with Gasteiger partial charge in [0.25, 0.3) is 0 Å². The first-order valence-corrected chi connectivity index (χ1v) is 10.2. The van der Waals surface area contributed by atoms with Crippen LogP contribution in [0.3, 0.4) is 0 Å². The van der Waals surface area contributed by atoms with Crippen molar-refractivity contribution in [2.75, 3.05) is 5.32 Å². The Morgan fingerprint density at radius 2 is 1.48 bits per heavy atom. The minimum absolute atomic E-state index is 0.173. The van der Waals surface area contributed by atoms with Crippen LogP contribution in [0.5, 0.6) is 0 Å². The third-order valence-electron chi connectivity index (χ3n) is 4.40. The molecule has 0 saturated carbocycles. The molecule has 27 heavy (non-hydrogen) atoms. The second-order valence-corrected chi connectivity index (χ2v) is 7.87. The fraction of sp³-hybridized carbons (Fsp3) is 0.174. The molecule has 138 valence electrons. The van der Waals surface area contributed by atoms with Gasteiger partial charge in [0.1, 0.15) is 0 Å². The quantitative estimate of drug-likeness (QED) is 0.649. The maximum atomic E-state index is 13.8. The molecule has 0 heterocycles. The molecule has 3 aromatic rings. The van der Waals surface area contributed by atoms with Gasteiger partial charge in [-0.2, -0.15) is 0 Å². The van der Waals surface area contributed by atoms with Gasteiger partial charge in [-0.15, -0.1) is 0 Å². The topological polar surface area (TPSA) is 46.2 Å². The normalized spacial score (nSPS) is 12.0. The number of hydrogen-bond acceptors (Lipinski definition) is 2. The highest BCUT2D eigenvalue weighted by Crippen LogP contribution is 2.35. The van der Waals surface area contributed by atoms with Gasteiger partial charge in [-0.25, -0.2) is 0 Å². The highest BCUT2D eigenvalue weighted by Gasteiger charge is 2.25. The summed E-state index contributed by atoms with van der Waals surface area (Å²) in [6.07, 6.45) is 0.839. The van der Waals surface area contributed by atoms with Crippen molar-refractivity contribution in [3.05, 3.63) is 95.6 Å². The minimum atomic E-state index is -1.38. The zero-order valence-corrected chi connectivity index (χ0v) is 16.3. The molecular formula is C23H23NO2S. The second-order valence-electron chi connectivity index (χ2n) is 6.36. The van der Waals surface area contributed by atoms with Crippen LogP contribution in [-0.2, 0) is 22.0 Å². The maximum Gasteiger partial charge on any atom is 0.221 e. The van der Waals surface area contributed by atoms with Crippen molar-refractivity contribution in [2.24, 2.45) is 0 Å². The Hall–Kier alpha value is -2.72. The van der Waals surface area contributed by atoms with Crippen molar-refractivity contribution in [3.63, 3.8) is 0 Å². The Morgan fingerprint density at radius 1 is 0.926 bits per heavy atom. The van der Waals surface area contributed by atoms with E-state index in [1.165, 1.54) is 6.92 Å². The Morgan fingerprint density at radius 3 is 1.96 bits per heavy atom. The van der Waals surface area contributed by atoms with E-state index in [-0.39, 0.29) is 11.2 Å². The van der Waals surface area contributed by atoms with Gasteiger partial charge in [0.05, 0.1) is 26.6 Å². The number of rotatable bonds is 6. The standard InChI is InChI=1S/C23H23NO2S/c1-3-18-14-15-21(24-17(2)25)22(16-18)27(26)23(19-10-6-4-7-11-19)20-12-8-5-9-13-20/h4-16,23H,3H2,1-2H3,(H,24,25). The van der Waals surface area contributed by atoms with E-state index in [9.17, 15) is 9.00 Å². The molecule has 0 aliphatic heterocycles. The number of benzene rings is 3. The van der Waals surface area contributed by atoms with Gasteiger partial charge in [0.15, 0.2) is 0 Å². The molecule has 0 bridgehead atoms. The molecule has 0 fully saturated rings. The van der Waals surface area contributed by atoms with Crippen LogP contribution < -0.4 is 5.32 Å². The molecular weight excluding hydrogens is 354 g/mol. The summed E-state index contributed by atoms with van der Waals surface area (Å²) in [5.74, 6) is -0.173. The Bertz CT molecular complexity index is 900. The van der Waals surface area contributed by atoms with E-state index in [4.69, 9.17) is 0 Å². The van der Waals surface area contributed by atoms with Gasteiger partial charge in [0.2, 0.25) is 5.91 Å². The summed E-state index contributed by atoms with van der Waals surface area (Å²) in [5, 5.41) is 2.52. The molecule has 4 heteroatoms. The molecule has 1 amide bonds. The fourth-order valence-corrected chi connectivity index (χ4v) is 4.73. The smallest absolute Gasteiger partial charge is 0.221 e. The Kier molecular flexibility index (Phi) is 6.20. The predicted molar refractivity (Wildman–Crippen MR) is 111 cm³/mol. The number of carbonyl (C=O) groups excluding carboxylic acids is 1. The lowest BCUT2D eigenvalue weighted by atomic mass is 10.0. The summed E-state index contributed by atoms with van der Waals surface area (Å²) in [4.78, 5) is 12.3. The SMILES string of the molecule is CCc1ccc(NC(C)=O)c(S(=O)C(c2ccccc2)c2ccccc2)c1. The van der Waals surface area contributed by atoms with E-state index >= 15 is 0 Å². The molecule has 0 radical (unpaired) electrons. The van der Waals surface area contributed by atoms with Crippen molar-refractivity contribution in [1.82, 2.24) is 0 Å². The molecule has 3 nitrogen and oxygen atoms in total. The summed E-state index contributed by atoms with van der Waals surface area (Å²) in [5.41, 5.74) is 3.66. The van der Waals surface area contributed by atoms with Gasteiger partial charge >= 0.3 is 0 Å². The largest absolute Gasteiger partial charge is 0.325 e. The highest BCUT2D eigenvalue weighted by molar-refractivity contribution is 7.85. The van der Waals surface area contributed by atoms with Crippen LogP contribution in [0.1, 0.15) is 35.8 Å². The first kappa shape index (κ1) is 19.1. The summed E-state index contributed by atoms with van der Waals surface area (Å²) >= 11 is 0. The summed E-state index contributed by atoms with van der Waals surface area (Å²) < 4.78 is 13.8. The molecule has 1 atom stereocenters. The van der Waals surface area contributed by atoms with Gasteiger partial charge in [0, 0.05) is 6.92 Å². The van der Waals surface area contributed by atoms with Gasteiger partial charge in [-0.3, -0.25) is 9.00 Å². The molecule has 0 aromatic heterocycles. The third kappa shape index (κ3) is 4.52. The van der Waals surface area contributed by atoms with E-state index in [0.29, 0.717) is 10.6 Å². The first-order chi connectivity index (χ1) is 13.1. The molecule has 0 spiro atoms. The lowest BCUT2D eigenvalue weighted by Crippen LogP contribution is -2.14. The van der Waals surface area contributed by atoms with E-state index in [2.05, 4.69) is 12.2 Å². The van der Waals surface area contributed by atoms with Gasteiger partial charge in [-0.1, -0.05) is 73.7 Å². The number of anilines is 1. The number of aryl methyl sites for hydroxylation is 1. The van der Waals surface area contributed by atoms with Crippen molar-refractivity contribution >= 4 is 22.4 Å². The van der Waals surface area contributed by atoms with Crippen LogP contribution in [0.25, 0.3) is 0 Å². The number of nitrogens with one attached hydrogen (secondary N) is 1. The van der Waals surface area contributed by atoms with Crippen molar-refractivity contribution < 1.29 is 9.00 Å². The van der Waals surface area contributed by atoms with Crippen LogP contribution in [-0.4, -0.2) is 10.1 Å². The number of hydrogen-bond donors (Lipinski definition) is 1. The van der Waals surface area contributed by atoms with Crippen LogP contribution in [0.4, 0.5) is 5.69 Å². The zero-order valence-electron chi connectivity index (χ0n) is 15.5. The van der Waals surface area contributed by atoms with Crippen molar-refractivity contribution in [2.45, 2.75) is 30.4 Å². The average molecular weight is 378 g/mol. The Balaban J connectivity index is 2.13. The highest BCUT2D eigenvalue weighted by atomic mass is 32.2. The number of carbonyl (C=O) groups is 1. The maximum absolute atomic E-state index is 13.8. The average Bonchev–Trinajstić information content (AvgIpc) is 2.69. The first-order valence-electron chi connectivity index (χ1n) is 9.01. The van der Waals surface area contributed by atoms with E-state index in [1.807, 2.05) is 78.9 Å². The van der Waals surface area contributed by atoms with Crippen LogP contribution >= 0.6 is 0 Å². The van der Waals surface area contributed by atoms with Gasteiger partial charge < -0.3 is 5.32 Å². The van der Waals surface area contributed by atoms with E-state index in [1.54, 1.807) is 0 Å². The monoisotopic (exact) mass is 377 g/mol. The molecule has 1 N–H and O–H groups in total. The summed E-state index contributed by atoms with van der Waals surface area (Å²) in [7, 11) is -1.38. The predicted octanol–water partition coefficient (Wildman–Crippen LogP) is 5.10. The summed E-state index contributed by atoms with van der Waals surface area (Å²) in [6.45, 7) is 3.53. The van der Waals surface area contributed by atoms with Crippen LogP contribution in [0, 0.1) is 0 Å². The Labute approximate surface area is 162 Å². The molecule has 3 rings (SSSR count). The third-order valence-corrected chi connectivity index (χ3v) is 6.14. The second kappa shape index (κ2) is 8.78. The van der Waals surface area contributed by atoms with Crippen molar-refractivity contribution in [1.29, 1.82) is 0 Å². The molecule has 0 saturated heterocycles. The van der Waals surface area contributed by atoms with Crippen LogP contribution in [0.2, 0.25) is 0 Å². The molecule has 0 aliphatic rings. The molecule has 3 aromatic carbocycles. The lowest BCUT2D eigenvalue weighted by molar-refractivity contribution is -0.114. The molecule has 0 aliphatic carbocycles. The fourth-order valence-electron chi connectivity index (χ4n) is 3.07. The van der Waals surface area contributed by atoms with Crippen molar-refractivity contribution in [3.8, 4) is 0 Å². The number of amides is 1. The lowest BCUT2D eigenvalue weighted by Gasteiger charge is -2.20. The zero-order chi connectivity index (χ0) is 19.2. The molecule has 1 unspecified atom stereocenters. The summed E-state index contributed by atoms with van der Waals surface area (Å²) in [6, 6.07) is 25.5.